The highest BCUT2D eigenvalue weighted by atomic mass is 35.5. The molecule has 0 radical (unpaired) electrons. The summed E-state index contributed by atoms with van der Waals surface area (Å²) < 4.78 is 31.2. The lowest BCUT2D eigenvalue weighted by Gasteiger charge is -2.41. The Kier molecular flexibility index (Phi) is 8.07. The lowest BCUT2D eigenvalue weighted by Crippen LogP contribution is -2.47. The lowest BCUT2D eigenvalue weighted by molar-refractivity contribution is -0.165. The zero-order chi connectivity index (χ0) is 30.2. The Morgan fingerprint density at radius 1 is 1.23 bits per heavy atom. The molecule has 0 bridgehead atoms. The van der Waals surface area contributed by atoms with Crippen molar-refractivity contribution in [3.8, 4) is 6.07 Å². The SMILES string of the molecule is CCCC(O)(c1cc(F)c2c(c1)CN(Cc1ccc(C#N)cn1)[C@@]2(O[C@H]1CCOC1)c1ccc(Cl)cc1)c1cn(C)cn1. The molecule has 2 aliphatic rings. The van der Waals surface area contributed by atoms with Crippen LogP contribution in [0.4, 0.5) is 4.39 Å². The van der Waals surface area contributed by atoms with Crippen molar-refractivity contribution in [1.82, 2.24) is 19.4 Å². The van der Waals surface area contributed by atoms with Crippen molar-refractivity contribution in [2.75, 3.05) is 13.2 Å². The van der Waals surface area contributed by atoms with Crippen LogP contribution in [0.15, 0.2) is 67.3 Å². The number of halogens is 2. The van der Waals surface area contributed by atoms with Crippen LogP contribution in [0.3, 0.4) is 0 Å². The molecule has 10 heteroatoms. The Morgan fingerprint density at radius 2 is 2.05 bits per heavy atom. The summed E-state index contributed by atoms with van der Waals surface area (Å²) in [5.41, 5.74) is 1.07. The molecule has 8 nitrogen and oxygen atoms in total. The minimum absolute atomic E-state index is 0.275. The summed E-state index contributed by atoms with van der Waals surface area (Å²) >= 11 is 6.30. The van der Waals surface area contributed by atoms with E-state index in [1.54, 1.807) is 41.4 Å². The normalized spacial score (nSPS) is 21.4. The van der Waals surface area contributed by atoms with E-state index in [-0.39, 0.29) is 6.10 Å². The average molecular weight is 602 g/mol. The Hall–Kier alpha value is -3.65. The van der Waals surface area contributed by atoms with Crippen molar-refractivity contribution >= 4 is 11.6 Å². The molecule has 1 N–H and O–H groups in total. The second-order valence-corrected chi connectivity index (χ2v) is 11.7. The molecule has 6 rings (SSSR count). The molecule has 1 saturated heterocycles. The summed E-state index contributed by atoms with van der Waals surface area (Å²) in [6.07, 6.45) is 6.37. The molecule has 4 aromatic rings. The van der Waals surface area contributed by atoms with Crippen LogP contribution in [0.25, 0.3) is 0 Å². The smallest absolute Gasteiger partial charge is 0.178 e. The van der Waals surface area contributed by atoms with Gasteiger partial charge in [0.25, 0.3) is 0 Å². The number of aryl methyl sites for hydroxylation is 1. The van der Waals surface area contributed by atoms with Crippen LogP contribution >= 0.6 is 11.6 Å². The number of ether oxygens (including phenoxy) is 2. The molecule has 222 valence electrons. The predicted molar refractivity (Wildman–Crippen MR) is 158 cm³/mol. The number of fused-ring (bicyclic) bond motifs is 1. The van der Waals surface area contributed by atoms with Crippen LogP contribution < -0.4 is 0 Å². The molecule has 43 heavy (non-hydrogen) atoms. The van der Waals surface area contributed by atoms with Gasteiger partial charge in [-0.1, -0.05) is 43.1 Å². The van der Waals surface area contributed by atoms with E-state index in [1.165, 1.54) is 12.3 Å². The number of aliphatic hydroxyl groups is 1. The van der Waals surface area contributed by atoms with E-state index in [2.05, 4.69) is 20.9 Å². The first-order valence-electron chi connectivity index (χ1n) is 14.4. The van der Waals surface area contributed by atoms with Gasteiger partial charge in [-0.05, 0) is 54.3 Å². The molecule has 2 aromatic carbocycles. The van der Waals surface area contributed by atoms with Crippen molar-refractivity contribution in [3.05, 3.63) is 117 Å². The first kappa shape index (κ1) is 29.4. The molecule has 1 fully saturated rings. The van der Waals surface area contributed by atoms with Gasteiger partial charge < -0.3 is 19.1 Å². The first-order chi connectivity index (χ1) is 20.8. The highest BCUT2D eigenvalue weighted by Crippen LogP contribution is 2.50. The molecule has 4 heterocycles. The second-order valence-electron chi connectivity index (χ2n) is 11.3. The highest BCUT2D eigenvalue weighted by Gasteiger charge is 2.52. The molecular formula is C33H33ClFN5O3. The largest absolute Gasteiger partial charge is 0.379 e. The van der Waals surface area contributed by atoms with Crippen molar-refractivity contribution in [2.24, 2.45) is 7.05 Å². The number of nitriles is 1. The quantitative estimate of drug-likeness (QED) is 0.269. The zero-order valence-electron chi connectivity index (χ0n) is 24.1. The fraction of sp³-hybridized carbons (Fsp3) is 0.364. The van der Waals surface area contributed by atoms with E-state index in [1.807, 2.05) is 32.2 Å². The Labute approximate surface area is 255 Å². The van der Waals surface area contributed by atoms with Gasteiger partial charge in [-0.25, -0.2) is 9.37 Å². The molecule has 0 amide bonds. The molecule has 2 aliphatic heterocycles. The highest BCUT2D eigenvalue weighted by molar-refractivity contribution is 6.30. The summed E-state index contributed by atoms with van der Waals surface area (Å²) in [6.45, 7) is 3.56. The van der Waals surface area contributed by atoms with Gasteiger partial charge in [-0.2, -0.15) is 5.26 Å². The summed E-state index contributed by atoms with van der Waals surface area (Å²) in [5.74, 6) is -0.484. The van der Waals surface area contributed by atoms with E-state index >= 15 is 4.39 Å². The number of rotatable bonds is 9. The summed E-state index contributed by atoms with van der Waals surface area (Å²) in [7, 11) is 1.84. The number of benzene rings is 2. The monoisotopic (exact) mass is 601 g/mol. The number of hydrogen-bond donors (Lipinski definition) is 1. The van der Waals surface area contributed by atoms with Crippen molar-refractivity contribution in [2.45, 2.75) is 56.7 Å². The van der Waals surface area contributed by atoms with Gasteiger partial charge in [0.2, 0.25) is 0 Å². The number of pyridine rings is 1. The van der Waals surface area contributed by atoms with Crippen LogP contribution in [0, 0.1) is 17.1 Å². The maximum atomic E-state index is 16.8. The van der Waals surface area contributed by atoms with E-state index in [4.69, 9.17) is 21.1 Å². The fourth-order valence-corrected chi connectivity index (χ4v) is 6.41. The Balaban J connectivity index is 1.54. The molecule has 1 unspecified atom stereocenters. The number of aromatic nitrogens is 3. The molecular weight excluding hydrogens is 569 g/mol. The third-order valence-electron chi connectivity index (χ3n) is 8.30. The first-order valence-corrected chi connectivity index (χ1v) is 14.8. The van der Waals surface area contributed by atoms with E-state index in [0.29, 0.717) is 84.2 Å². The minimum Gasteiger partial charge on any atom is -0.379 e. The maximum absolute atomic E-state index is 16.8. The van der Waals surface area contributed by atoms with Gasteiger partial charge in [0, 0.05) is 55.3 Å². The molecule has 0 saturated carbocycles. The van der Waals surface area contributed by atoms with Gasteiger partial charge in [-0.15, -0.1) is 0 Å². The second kappa shape index (κ2) is 11.8. The molecule has 2 aromatic heterocycles. The fourth-order valence-electron chi connectivity index (χ4n) is 6.29. The number of hydrogen-bond acceptors (Lipinski definition) is 7. The third kappa shape index (κ3) is 5.35. The van der Waals surface area contributed by atoms with Gasteiger partial charge >= 0.3 is 0 Å². The average Bonchev–Trinajstić information content (AvgIpc) is 3.75. The molecule has 3 atom stereocenters. The molecule has 0 aliphatic carbocycles. The number of imidazole rings is 1. The van der Waals surface area contributed by atoms with Crippen LogP contribution in [-0.2, 0) is 40.9 Å². The van der Waals surface area contributed by atoms with Crippen LogP contribution in [0.2, 0.25) is 5.02 Å². The Morgan fingerprint density at radius 3 is 2.67 bits per heavy atom. The molecule has 0 spiro atoms. The maximum Gasteiger partial charge on any atom is 0.178 e. The van der Waals surface area contributed by atoms with Gasteiger partial charge in [0.05, 0.1) is 36.0 Å². The van der Waals surface area contributed by atoms with Gasteiger partial charge in [0.1, 0.15) is 17.5 Å². The van der Waals surface area contributed by atoms with Crippen molar-refractivity contribution in [3.63, 3.8) is 0 Å². The van der Waals surface area contributed by atoms with Crippen molar-refractivity contribution in [1.29, 1.82) is 5.26 Å². The summed E-state index contributed by atoms with van der Waals surface area (Å²) in [4.78, 5) is 11.0. The summed E-state index contributed by atoms with van der Waals surface area (Å²) in [5, 5.41) is 21.9. The van der Waals surface area contributed by atoms with Crippen molar-refractivity contribution < 1.29 is 19.0 Å². The third-order valence-corrected chi connectivity index (χ3v) is 8.55. The lowest BCUT2D eigenvalue weighted by atomic mass is 9.83. The van der Waals surface area contributed by atoms with Gasteiger partial charge in [0.15, 0.2) is 5.72 Å². The Bertz CT molecular complexity index is 1650. The minimum atomic E-state index is -1.48. The van der Waals surface area contributed by atoms with Crippen LogP contribution in [-0.4, -0.2) is 43.9 Å². The van der Waals surface area contributed by atoms with E-state index < -0.39 is 17.1 Å². The zero-order valence-corrected chi connectivity index (χ0v) is 24.9. The van der Waals surface area contributed by atoms with E-state index in [0.717, 1.165) is 5.56 Å². The van der Waals surface area contributed by atoms with Crippen LogP contribution in [0.1, 0.15) is 65.4 Å². The summed E-state index contributed by atoms with van der Waals surface area (Å²) in [6, 6.07) is 16.2. The standard InChI is InChI=1S/C33H33ClFN5O3/c1-3-11-32(41,30-19-39(2)21-38-30)25-13-23-17-40(18-27-9-4-22(15-36)16-37-27)33(31(23)29(35)14-25,43-28-10-12-42-20-28)24-5-7-26(34)8-6-24/h4-9,13-14,16,19,21,28,41H,3,10-12,17-18,20H2,1-2H3/t28-,32?,33+/m0/s1. The predicted octanol–water partition coefficient (Wildman–Crippen LogP) is 5.54. The van der Waals surface area contributed by atoms with Crippen LogP contribution in [0.5, 0.6) is 0 Å². The topological polar surface area (TPSA) is 96.4 Å². The van der Waals surface area contributed by atoms with E-state index in [9.17, 15) is 10.4 Å². The number of nitrogens with zero attached hydrogens (tertiary/aromatic N) is 5. The van der Waals surface area contributed by atoms with Gasteiger partial charge in [-0.3, -0.25) is 9.88 Å².